The lowest BCUT2D eigenvalue weighted by Gasteiger charge is -2.71. The third kappa shape index (κ3) is 16.2. The number of aliphatic carboxylic acids is 1. The Hall–Kier alpha value is -3.47. The third-order valence-electron chi connectivity index (χ3n) is 27.3. The van der Waals surface area contributed by atoms with Crippen molar-refractivity contribution in [2.75, 3.05) is 26.4 Å². The Labute approximate surface area is 650 Å². The molecule has 42 atom stereocenters. The Balaban J connectivity index is 0.823. The SMILES string of the molecule is CC(=O)O[C@@H]1[C@H](O)[C@@H](O[C@@H]2O[C@@H](C)[C@H](O[C@@H]3OC[C@@H](O)[C@H](O)[C@H]3O)[C@@H](O[C@@H]3O[C@H](CO)[C@@H](O)[C@H](OS(=O)(=O)O)[C@H]3O)[C@H]2O)[C@H](OC(=O)[C@]23CCC(C)(C)C[C@H]2C2=CC[C@@H]4[C@@]5(C)CC[C@H](O[C@@H]6O[C@H](C(=O)O)[C@@H](O)[C@H](O[C@@H]7OC[C@H](O)[C@H](O)[C@H]7O)[C@H]6O[C@@H]6O[C@H](CO)[C@H](O)[C@H](O)[C@H]6O)[C@@](C)(C=O)[C@@H]5CC[C@@]4(C)[C@]2(C)CC3)O[C@@H]1C. The van der Waals surface area contributed by atoms with E-state index in [2.05, 4.69) is 44.9 Å². The number of aliphatic hydroxyl groups is 16. The lowest BCUT2D eigenvalue weighted by molar-refractivity contribution is -0.394. The van der Waals surface area contributed by atoms with Crippen LogP contribution in [0.25, 0.3) is 0 Å². The first-order chi connectivity index (χ1) is 52.8. The van der Waals surface area contributed by atoms with Gasteiger partial charge in [-0.25, -0.2) is 8.98 Å². The minimum Gasteiger partial charge on any atom is -0.479 e. The second kappa shape index (κ2) is 33.5. The molecular formula is C72H112O40S. The minimum atomic E-state index is -5.46. The zero-order valence-corrected chi connectivity index (χ0v) is 64.7. The molecule has 4 saturated carbocycles. The maximum atomic E-state index is 16.0. The monoisotopic (exact) mass is 1650 g/mol. The summed E-state index contributed by atoms with van der Waals surface area (Å²) in [6.45, 7) is 13.1. The first-order valence-electron chi connectivity index (χ1n) is 38.5. The number of esters is 2. The summed E-state index contributed by atoms with van der Waals surface area (Å²) in [6, 6.07) is 0. The molecule has 0 aromatic rings. The number of ether oxygens (including phenoxy) is 15. The van der Waals surface area contributed by atoms with E-state index in [1.807, 2.05) is 0 Å². The highest BCUT2D eigenvalue weighted by Crippen LogP contribution is 2.76. The van der Waals surface area contributed by atoms with Gasteiger partial charge in [-0.2, -0.15) is 8.42 Å². The summed E-state index contributed by atoms with van der Waals surface area (Å²) in [7, 11) is -5.46. The fraction of sp³-hybridized carbons (Fsp3) is 0.917. The number of aliphatic hydroxyl groups excluding tert-OH is 16. The zero-order valence-electron chi connectivity index (χ0n) is 63.9. The summed E-state index contributed by atoms with van der Waals surface area (Å²) in [5.41, 5.74) is -3.99. The highest BCUT2D eigenvalue weighted by molar-refractivity contribution is 7.80. The summed E-state index contributed by atoms with van der Waals surface area (Å²) in [5, 5.41) is 187. The molecule has 0 unspecified atom stereocenters. The molecule has 0 aromatic heterocycles. The zero-order chi connectivity index (χ0) is 82.8. The molecule has 12 rings (SSSR count). The van der Waals surface area contributed by atoms with Crippen LogP contribution in [0.3, 0.4) is 0 Å². The van der Waals surface area contributed by atoms with Gasteiger partial charge in [0.15, 0.2) is 56.1 Å². The summed E-state index contributed by atoms with van der Waals surface area (Å²) in [6.07, 6.45) is -57.8. The average molecular weight is 1650 g/mol. The molecule has 7 heterocycles. The largest absolute Gasteiger partial charge is 0.479 e. The third-order valence-corrected chi connectivity index (χ3v) is 27.8. The fourth-order valence-corrected chi connectivity index (χ4v) is 21.2. The van der Waals surface area contributed by atoms with Crippen molar-refractivity contribution in [2.45, 2.75) is 335 Å². The molecule has 0 bridgehead atoms. The molecule has 0 aromatic carbocycles. The van der Waals surface area contributed by atoms with Gasteiger partial charge in [0, 0.05) is 6.92 Å². The van der Waals surface area contributed by atoms with Crippen LogP contribution >= 0.6 is 0 Å². The topological polar surface area (TPSA) is 614 Å². The van der Waals surface area contributed by atoms with Crippen LogP contribution in [0.1, 0.15) is 127 Å². The van der Waals surface area contributed by atoms with E-state index in [1.54, 1.807) is 6.92 Å². The van der Waals surface area contributed by atoms with Crippen LogP contribution in [0.15, 0.2) is 11.6 Å². The van der Waals surface area contributed by atoms with Crippen molar-refractivity contribution in [3.8, 4) is 0 Å². The van der Waals surface area contributed by atoms with E-state index in [0.29, 0.717) is 51.4 Å². The van der Waals surface area contributed by atoms with Crippen molar-refractivity contribution in [3.63, 3.8) is 0 Å². The van der Waals surface area contributed by atoms with Crippen molar-refractivity contribution in [2.24, 2.45) is 50.2 Å². The maximum absolute atomic E-state index is 16.0. The van der Waals surface area contributed by atoms with Crippen LogP contribution in [-0.2, 0) is 105 Å². The summed E-state index contributed by atoms with van der Waals surface area (Å²) in [4.78, 5) is 56.1. The Morgan fingerprint density at radius 1 is 0.513 bits per heavy atom. The summed E-state index contributed by atoms with van der Waals surface area (Å²) >= 11 is 0. The van der Waals surface area contributed by atoms with Crippen LogP contribution in [0.5, 0.6) is 0 Å². The van der Waals surface area contributed by atoms with E-state index < -0.39 is 302 Å². The molecule has 12 aliphatic rings. The first-order valence-corrected chi connectivity index (χ1v) is 39.8. The molecular weight excluding hydrogens is 1540 g/mol. The van der Waals surface area contributed by atoms with Crippen LogP contribution in [0.4, 0.5) is 0 Å². The highest BCUT2D eigenvalue weighted by atomic mass is 32.3. The molecule has 7 saturated heterocycles. The van der Waals surface area contributed by atoms with E-state index in [0.717, 1.165) is 18.8 Å². The Bertz CT molecular complexity index is 3500. The second-order valence-electron chi connectivity index (χ2n) is 34.5. The van der Waals surface area contributed by atoms with Crippen molar-refractivity contribution >= 4 is 34.6 Å². The van der Waals surface area contributed by atoms with Crippen molar-refractivity contribution < 1.29 is 194 Å². The molecule has 0 amide bonds. The molecule has 18 N–H and O–H groups in total. The number of rotatable bonds is 21. The normalized spacial score (nSPS) is 52.1. The van der Waals surface area contributed by atoms with Gasteiger partial charge in [0.05, 0.1) is 55.6 Å². The molecule has 0 radical (unpaired) electrons. The lowest BCUT2D eigenvalue weighted by atomic mass is 9.33. The van der Waals surface area contributed by atoms with Gasteiger partial charge in [0.25, 0.3) is 0 Å². The molecule has 7 aliphatic heterocycles. The van der Waals surface area contributed by atoms with E-state index in [1.165, 1.54) is 13.8 Å². The maximum Gasteiger partial charge on any atom is 0.397 e. The summed E-state index contributed by atoms with van der Waals surface area (Å²) in [5.74, 6) is -4.54. The first kappa shape index (κ1) is 88.8. The minimum absolute atomic E-state index is 0.103. The van der Waals surface area contributed by atoms with Gasteiger partial charge < -0.3 is 163 Å². The Kier molecular flexibility index (Phi) is 26.3. The van der Waals surface area contributed by atoms with Gasteiger partial charge in [-0.1, -0.05) is 53.2 Å². The van der Waals surface area contributed by atoms with Gasteiger partial charge in [-0.05, 0) is 117 Å². The lowest BCUT2D eigenvalue weighted by Crippen LogP contribution is -2.69. The number of carboxylic acid groups (broad SMARTS) is 1. The molecule has 11 fully saturated rings. The van der Waals surface area contributed by atoms with E-state index in [-0.39, 0.29) is 24.2 Å². The fourth-order valence-electron chi connectivity index (χ4n) is 20.7. The molecule has 5 aliphatic carbocycles. The predicted molar refractivity (Wildman–Crippen MR) is 367 cm³/mol. The van der Waals surface area contributed by atoms with E-state index >= 15 is 4.79 Å². The van der Waals surface area contributed by atoms with Crippen molar-refractivity contribution in [3.05, 3.63) is 11.6 Å². The Morgan fingerprint density at radius 2 is 1.04 bits per heavy atom. The Morgan fingerprint density at radius 3 is 1.63 bits per heavy atom. The van der Waals surface area contributed by atoms with Crippen LogP contribution in [0.2, 0.25) is 0 Å². The van der Waals surface area contributed by atoms with E-state index in [4.69, 9.17) is 71.1 Å². The number of carboxylic acids is 1. The second-order valence-corrected chi connectivity index (χ2v) is 35.6. The van der Waals surface area contributed by atoms with Gasteiger partial charge in [0.2, 0.25) is 6.29 Å². The number of hydrogen-bond acceptors (Lipinski definition) is 38. The smallest absolute Gasteiger partial charge is 0.397 e. The quantitative estimate of drug-likeness (QED) is 0.0168. The van der Waals surface area contributed by atoms with Gasteiger partial charge in [-0.3, -0.25) is 14.1 Å². The molecule has 646 valence electrons. The standard InChI is InChI=1S/C72H112O40S/c1-26-50(101-28(3)76)46(87)56(109-62-49(90)54(51(27(2)99-62)105-59-43(84)38(79)31(77)23-97-59)107-63-48(89)52(112-113(94,95)96)41(82)34(22-74)103-63)64(100-26)111-66(93)72-18-16-67(4,5)20-30(72)29-10-11-36-68(6)14-13-37(69(7,25-75)35(68)12-15-71(36,9)70(29,8)17-19-72)104-65-57(110-61-45(86)42(83)40(81)33(21-73)102-61)53(47(88)55(108-65)58(91)92)106-60-44(85)39(80)32(78)24-98-60/h10,25-27,30-57,59-65,73-74,77-90H,11-24H2,1-9H3,(H,91,92)(H,94,95,96)/t26-,27+,30+,31-,32+,33-,34-,35-,36-,37+,38+,39+,40+,41-,42+,43-,44-,45-,46+,47+,48-,49-,50+,51+,52+,53+,54+,55+,56-,57-,59+,60+,61+,62+,63+,64+,65-,68+,69+,70-,71-,72+/m1/s1. The van der Waals surface area contributed by atoms with Crippen LogP contribution in [0, 0.1) is 50.2 Å². The van der Waals surface area contributed by atoms with Crippen molar-refractivity contribution in [1.82, 2.24) is 0 Å². The van der Waals surface area contributed by atoms with E-state index in [9.17, 15) is 114 Å². The van der Waals surface area contributed by atoms with Gasteiger partial charge >= 0.3 is 28.3 Å². The highest BCUT2D eigenvalue weighted by Gasteiger charge is 2.72. The summed E-state index contributed by atoms with van der Waals surface area (Å²) < 4.78 is 129. The van der Waals surface area contributed by atoms with Crippen LogP contribution < -0.4 is 0 Å². The molecule has 40 nitrogen and oxygen atoms in total. The number of allylic oxidation sites excluding steroid dienone is 2. The number of carbonyl (C=O) groups excluding carboxylic acids is 3. The number of carbonyl (C=O) groups is 4. The molecule has 41 heteroatoms. The number of aldehydes is 1. The number of hydrogen-bond donors (Lipinski definition) is 18. The number of fused-ring (bicyclic) bond motifs is 7. The molecule has 113 heavy (non-hydrogen) atoms. The van der Waals surface area contributed by atoms with Crippen LogP contribution in [-0.4, -0.2) is 359 Å². The predicted octanol–water partition coefficient (Wildman–Crippen LogP) is -5.56. The van der Waals surface area contributed by atoms with Gasteiger partial charge in [-0.15, -0.1) is 0 Å². The van der Waals surface area contributed by atoms with Gasteiger partial charge in [0.1, 0.15) is 134 Å². The van der Waals surface area contributed by atoms with Crippen molar-refractivity contribution in [1.29, 1.82) is 0 Å². The molecule has 0 spiro atoms. The average Bonchev–Trinajstić information content (AvgIpc) is 0.673.